The van der Waals surface area contributed by atoms with Crippen molar-refractivity contribution < 1.29 is 23.1 Å². The second-order valence-corrected chi connectivity index (χ2v) is 6.92. The summed E-state index contributed by atoms with van der Waals surface area (Å²) in [6, 6.07) is 4.86. The summed E-state index contributed by atoms with van der Waals surface area (Å²) in [5.41, 5.74) is 3.10. The minimum Gasteiger partial charge on any atom is -0.385 e. The van der Waals surface area contributed by atoms with Crippen LogP contribution in [0.1, 0.15) is 43.2 Å². The number of nitrogens with zero attached hydrogens (tertiary/aromatic N) is 1. The highest BCUT2D eigenvalue weighted by molar-refractivity contribution is 5.81. The summed E-state index contributed by atoms with van der Waals surface area (Å²) in [4.78, 5) is 13.5. The van der Waals surface area contributed by atoms with Crippen LogP contribution in [-0.2, 0) is 16.6 Å². The maximum atomic E-state index is 13.3. The van der Waals surface area contributed by atoms with Crippen molar-refractivity contribution >= 4 is 5.91 Å². The van der Waals surface area contributed by atoms with Crippen molar-refractivity contribution in [1.29, 1.82) is 0 Å². The fourth-order valence-corrected chi connectivity index (χ4v) is 4.16. The van der Waals surface area contributed by atoms with Crippen LogP contribution < -0.4 is 5.73 Å². The number of alkyl halides is 3. The second-order valence-electron chi connectivity index (χ2n) is 6.92. The van der Waals surface area contributed by atoms with Crippen molar-refractivity contribution in [3.8, 4) is 0 Å². The van der Waals surface area contributed by atoms with Gasteiger partial charge in [0.05, 0.1) is 17.2 Å². The third-order valence-corrected chi connectivity index (χ3v) is 5.41. The standard InChI is InChI=1S/C18H22F3N2O2/c19-18(20,21)14-5-2-1-4-13(14)17(25)9-7-12(8-10-17)23-11-3-6-15(23)16(22)24/h1-2,4-6,12,15,25H,3,7-11H2,(H2,22,24). The van der Waals surface area contributed by atoms with Gasteiger partial charge in [-0.25, -0.2) is 0 Å². The molecule has 1 aromatic rings. The molecule has 1 saturated carbocycles. The number of carbonyl (C=O) groups excluding carboxylic acids is 1. The second kappa shape index (κ2) is 6.61. The van der Waals surface area contributed by atoms with Crippen LogP contribution in [-0.4, -0.2) is 34.5 Å². The molecule has 1 amide bonds. The lowest BCUT2D eigenvalue weighted by atomic mass is 9.75. The molecular formula is C18H22F3N2O2. The van der Waals surface area contributed by atoms with Gasteiger partial charge < -0.3 is 10.8 Å². The van der Waals surface area contributed by atoms with Gasteiger partial charge in [-0.2, -0.15) is 13.2 Å². The molecular weight excluding hydrogens is 333 g/mol. The zero-order chi connectivity index (χ0) is 18.2. The molecule has 1 unspecified atom stereocenters. The molecule has 1 radical (unpaired) electrons. The molecule has 1 atom stereocenters. The van der Waals surface area contributed by atoms with E-state index in [0.29, 0.717) is 12.8 Å². The van der Waals surface area contributed by atoms with Gasteiger partial charge in [-0.05, 0) is 56.7 Å². The normalized spacial score (nSPS) is 31.2. The largest absolute Gasteiger partial charge is 0.416 e. The van der Waals surface area contributed by atoms with Crippen molar-refractivity contribution in [1.82, 2.24) is 4.90 Å². The first-order valence-corrected chi connectivity index (χ1v) is 8.50. The number of halogens is 3. The van der Waals surface area contributed by atoms with Gasteiger partial charge in [0.2, 0.25) is 5.91 Å². The van der Waals surface area contributed by atoms with Crippen LogP contribution in [0.2, 0.25) is 0 Å². The first-order chi connectivity index (χ1) is 11.7. The Hall–Kier alpha value is -1.60. The Balaban J connectivity index is 1.77. The highest BCUT2D eigenvalue weighted by Crippen LogP contribution is 2.44. The van der Waals surface area contributed by atoms with Crippen molar-refractivity contribution in [2.24, 2.45) is 5.73 Å². The van der Waals surface area contributed by atoms with E-state index in [1.54, 1.807) is 0 Å². The molecule has 3 rings (SSSR count). The number of hydrogen-bond donors (Lipinski definition) is 2. The molecule has 2 fully saturated rings. The molecule has 0 aromatic heterocycles. The van der Waals surface area contributed by atoms with Gasteiger partial charge >= 0.3 is 6.18 Å². The maximum Gasteiger partial charge on any atom is 0.416 e. The number of carbonyl (C=O) groups is 1. The molecule has 1 heterocycles. The number of primary amides is 1. The average molecular weight is 355 g/mol. The van der Waals surface area contributed by atoms with Crippen LogP contribution in [0.15, 0.2) is 24.3 Å². The van der Waals surface area contributed by atoms with E-state index in [9.17, 15) is 23.1 Å². The Morgan fingerprint density at radius 3 is 2.48 bits per heavy atom. The Bertz CT molecular complexity index is 639. The zero-order valence-corrected chi connectivity index (χ0v) is 13.8. The monoisotopic (exact) mass is 355 g/mol. The van der Waals surface area contributed by atoms with Crippen molar-refractivity contribution in [2.45, 2.75) is 56.0 Å². The topological polar surface area (TPSA) is 66.6 Å². The summed E-state index contributed by atoms with van der Waals surface area (Å²) in [5, 5.41) is 10.9. The lowest BCUT2D eigenvalue weighted by molar-refractivity contribution is -0.142. The lowest BCUT2D eigenvalue weighted by Crippen LogP contribution is -2.49. The van der Waals surface area contributed by atoms with Crippen LogP contribution in [0.25, 0.3) is 0 Å². The molecule has 3 N–H and O–H groups in total. The highest BCUT2D eigenvalue weighted by atomic mass is 19.4. The first kappa shape index (κ1) is 18.2. The predicted molar refractivity (Wildman–Crippen MR) is 86.2 cm³/mol. The summed E-state index contributed by atoms with van der Waals surface area (Å²) in [6.45, 7) is 0.718. The van der Waals surface area contributed by atoms with E-state index >= 15 is 0 Å². The van der Waals surface area contributed by atoms with Crippen LogP contribution >= 0.6 is 0 Å². The fourth-order valence-electron chi connectivity index (χ4n) is 4.16. The van der Waals surface area contributed by atoms with Gasteiger partial charge in [0.15, 0.2) is 0 Å². The van der Waals surface area contributed by atoms with Crippen molar-refractivity contribution in [3.63, 3.8) is 0 Å². The van der Waals surface area contributed by atoms with Crippen LogP contribution in [0.4, 0.5) is 13.2 Å². The van der Waals surface area contributed by atoms with E-state index < -0.39 is 29.3 Å². The summed E-state index contributed by atoms with van der Waals surface area (Å²) < 4.78 is 39.8. The number of amides is 1. The molecule has 1 aromatic carbocycles. The van der Waals surface area contributed by atoms with Gasteiger partial charge in [-0.1, -0.05) is 18.2 Å². The number of likely N-dealkylation sites (tertiary alicyclic amines) is 1. The molecule has 0 bridgehead atoms. The minimum atomic E-state index is -4.50. The summed E-state index contributed by atoms with van der Waals surface area (Å²) in [5.74, 6) is -0.402. The lowest BCUT2D eigenvalue weighted by Gasteiger charge is -2.42. The zero-order valence-electron chi connectivity index (χ0n) is 13.8. The number of hydrogen-bond acceptors (Lipinski definition) is 3. The van der Waals surface area contributed by atoms with Gasteiger partial charge in [-0.15, -0.1) is 0 Å². The fraction of sp³-hybridized carbons (Fsp3) is 0.556. The Labute approximate surface area is 144 Å². The van der Waals surface area contributed by atoms with Crippen molar-refractivity contribution in [2.75, 3.05) is 6.54 Å². The van der Waals surface area contributed by atoms with Crippen LogP contribution in [0.5, 0.6) is 0 Å². The van der Waals surface area contributed by atoms with E-state index in [1.807, 2.05) is 11.3 Å². The number of benzene rings is 1. The number of nitrogens with two attached hydrogens (primary N) is 1. The molecule has 1 aliphatic heterocycles. The van der Waals surface area contributed by atoms with Crippen LogP contribution in [0, 0.1) is 6.42 Å². The maximum absolute atomic E-state index is 13.3. The third kappa shape index (κ3) is 3.53. The number of aliphatic hydroxyl groups is 1. The summed E-state index contributed by atoms with van der Waals surface area (Å²) in [7, 11) is 0. The molecule has 137 valence electrons. The quantitative estimate of drug-likeness (QED) is 0.876. The molecule has 25 heavy (non-hydrogen) atoms. The smallest absolute Gasteiger partial charge is 0.385 e. The van der Waals surface area contributed by atoms with E-state index in [-0.39, 0.29) is 24.4 Å². The molecule has 1 aliphatic carbocycles. The molecule has 7 heteroatoms. The summed E-state index contributed by atoms with van der Waals surface area (Å²) in [6.07, 6.45) is -0.336. The predicted octanol–water partition coefficient (Wildman–Crippen LogP) is 2.60. The molecule has 0 spiro atoms. The van der Waals surface area contributed by atoms with E-state index in [0.717, 1.165) is 19.0 Å². The van der Waals surface area contributed by atoms with Gasteiger partial charge in [-0.3, -0.25) is 9.69 Å². The van der Waals surface area contributed by atoms with E-state index in [4.69, 9.17) is 5.73 Å². The number of rotatable bonds is 3. The van der Waals surface area contributed by atoms with Gasteiger partial charge in [0.25, 0.3) is 0 Å². The van der Waals surface area contributed by atoms with Crippen molar-refractivity contribution in [3.05, 3.63) is 41.8 Å². The Kier molecular flexibility index (Phi) is 4.81. The summed E-state index contributed by atoms with van der Waals surface area (Å²) >= 11 is 0. The average Bonchev–Trinajstić information content (AvgIpc) is 3.05. The SMILES string of the molecule is NC(=O)C1[CH]CCN1C1CCC(O)(c2ccccc2C(F)(F)F)CC1. The molecule has 4 nitrogen and oxygen atoms in total. The van der Waals surface area contributed by atoms with E-state index in [2.05, 4.69) is 0 Å². The Morgan fingerprint density at radius 2 is 1.88 bits per heavy atom. The van der Waals surface area contributed by atoms with Crippen LogP contribution in [0.3, 0.4) is 0 Å². The first-order valence-electron chi connectivity index (χ1n) is 8.50. The molecule has 1 saturated heterocycles. The Morgan fingerprint density at radius 1 is 1.24 bits per heavy atom. The van der Waals surface area contributed by atoms with E-state index in [1.165, 1.54) is 18.2 Å². The highest BCUT2D eigenvalue weighted by Gasteiger charge is 2.44. The third-order valence-electron chi connectivity index (χ3n) is 5.41. The minimum absolute atomic E-state index is 0.0505. The van der Waals surface area contributed by atoms with Gasteiger partial charge in [0, 0.05) is 6.04 Å². The molecule has 2 aliphatic rings. The van der Waals surface area contributed by atoms with Gasteiger partial charge in [0.1, 0.15) is 0 Å².